The molecule has 0 radical (unpaired) electrons. The van der Waals surface area contributed by atoms with Gasteiger partial charge in [-0.3, -0.25) is 4.79 Å². The number of likely N-dealkylation sites (N-methyl/N-ethyl adjacent to an activating group) is 1. The molecule has 0 aromatic heterocycles. The summed E-state index contributed by atoms with van der Waals surface area (Å²) in [6.45, 7) is 12.6. The first kappa shape index (κ1) is 21.3. The van der Waals surface area contributed by atoms with E-state index in [0.29, 0.717) is 5.70 Å². The van der Waals surface area contributed by atoms with E-state index in [1.807, 2.05) is 36.2 Å². The molecule has 1 aromatic carbocycles. The number of unbranched alkanes of at least 4 members (excludes halogenated alkanes) is 1. The third-order valence-corrected chi connectivity index (χ3v) is 5.18. The molecule has 0 aliphatic carbocycles. The molecular weight excluding hydrogens is 340 g/mol. The number of amides is 1. The fraction of sp³-hybridized carbons (Fsp3) is 0.571. The molecule has 1 fully saturated rings. The van der Waals surface area contributed by atoms with E-state index in [9.17, 15) is 9.90 Å². The van der Waals surface area contributed by atoms with Crippen LogP contribution in [0.3, 0.4) is 0 Å². The zero-order valence-corrected chi connectivity index (χ0v) is 16.9. The van der Waals surface area contributed by atoms with Crippen LogP contribution in [0.1, 0.15) is 26.7 Å². The standard InChI is InChI=1S/C21H34N4O2/c1-5-6-13-24(4)17(3)20(26)16(2)21(27)23-18-7-9-19(10-8-18)25-14-11-22-12-15-25/h7-10,16,20,22,26H,3,5-6,11-15H2,1-2,4H3,(H,23,27). The van der Waals surface area contributed by atoms with Gasteiger partial charge >= 0.3 is 0 Å². The number of nitrogens with zero attached hydrogens (tertiary/aromatic N) is 2. The third kappa shape index (κ3) is 5.97. The van der Waals surface area contributed by atoms with Gasteiger partial charge in [-0.2, -0.15) is 0 Å². The van der Waals surface area contributed by atoms with Gasteiger partial charge in [-0.25, -0.2) is 0 Å². The monoisotopic (exact) mass is 374 g/mol. The van der Waals surface area contributed by atoms with Crippen LogP contribution in [0.5, 0.6) is 0 Å². The van der Waals surface area contributed by atoms with Gasteiger partial charge < -0.3 is 25.5 Å². The molecule has 2 atom stereocenters. The zero-order chi connectivity index (χ0) is 19.8. The van der Waals surface area contributed by atoms with Crippen molar-refractivity contribution >= 4 is 17.3 Å². The van der Waals surface area contributed by atoms with Gasteiger partial charge in [0.15, 0.2) is 0 Å². The van der Waals surface area contributed by atoms with E-state index in [2.05, 4.69) is 29.0 Å². The van der Waals surface area contributed by atoms with Crippen LogP contribution in [0.2, 0.25) is 0 Å². The molecule has 0 bridgehead atoms. The first-order valence-electron chi connectivity index (χ1n) is 9.88. The summed E-state index contributed by atoms with van der Waals surface area (Å²) in [7, 11) is 1.90. The number of hydrogen-bond acceptors (Lipinski definition) is 5. The number of carbonyl (C=O) groups is 1. The number of piperazine rings is 1. The lowest BCUT2D eigenvalue weighted by atomic mass is 10.0. The smallest absolute Gasteiger partial charge is 0.230 e. The maximum atomic E-state index is 12.5. The topological polar surface area (TPSA) is 67.8 Å². The van der Waals surface area contributed by atoms with Crippen LogP contribution in [-0.2, 0) is 4.79 Å². The summed E-state index contributed by atoms with van der Waals surface area (Å²) in [4.78, 5) is 16.8. The van der Waals surface area contributed by atoms with E-state index >= 15 is 0 Å². The second kappa shape index (κ2) is 10.3. The van der Waals surface area contributed by atoms with Crippen molar-refractivity contribution in [2.24, 2.45) is 5.92 Å². The molecule has 1 saturated heterocycles. The van der Waals surface area contributed by atoms with Crippen molar-refractivity contribution in [3.63, 3.8) is 0 Å². The van der Waals surface area contributed by atoms with Crippen molar-refractivity contribution in [1.82, 2.24) is 10.2 Å². The largest absolute Gasteiger partial charge is 0.386 e. The van der Waals surface area contributed by atoms with Gasteiger partial charge in [-0.1, -0.05) is 26.8 Å². The van der Waals surface area contributed by atoms with Crippen LogP contribution < -0.4 is 15.5 Å². The molecule has 0 saturated carbocycles. The van der Waals surface area contributed by atoms with Gasteiger partial charge in [0.2, 0.25) is 5.91 Å². The minimum Gasteiger partial charge on any atom is -0.386 e. The Balaban J connectivity index is 1.90. The summed E-state index contributed by atoms with van der Waals surface area (Å²) in [6.07, 6.45) is 1.21. The highest BCUT2D eigenvalue weighted by Gasteiger charge is 2.26. The van der Waals surface area contributed by atoms with Crippen LogP contribution in [0.4, 0.5) is 11.4 Å². The number of carbonyl (C=O) groups excluding carboxylic acids is 1. The Morgan fingerprint density at radius 2 is 1.96 bits per heavy atom. The molecule has 6 heteroatoms. The van der Waals surface area contributed by atoms with E-state index in [0.717, 1.165) is 56.9 Å². The van der Waals surface area contributed by atoms with Gasteiger partial charge in [-0.15, -0.1) is 0 Å². The molecule has 1 aliphatic rings. The third-order valence-electron chi connectivity index (χ3n) is 5.18. The minimum absolute atomic E-state index is 0.206. The number of benzene rings is 1. The highest BCUT2D eigenvalue weighted by Crippen LogP contribution is 2.20. The second-order valence-corrected chi connectivity index (χ2v) is 7.27. The number of aliphatic hydroxyl groups is 1. The SMILES string of the molecule is C=C(C(O)C(C)C(=O)Nc1ccc(N2CCNCC2)cc1)N(C)CCCC. The van der Waals surface area contributed by atoms with Crippen molar-refractivity contribution in [3.05, 3.63) is 36.5 Å². The molecular formula is C21H34N4O2. The summed E-state index contributed by atoms with van der Waals surface area (Å²) in [5.41, 5.74) is 2.48. The number of hydrogen-bond donors (Lipinski definition) is 3. The maximum absolute atomic E-state index is 12.5. The molecule has 1 aromatic rings. The molecule has 150 valence electrons. The first-order chi connectivity index (χ1) is 12.9. The zero-order valence-electron chi connectivity index (χ0n) is 16.9. The van der Waals surface area contributed by atoms with Crippen LogP contribution in [0.15, 0.2) is 36.5 Å². The highest BCUT2D eigenvalue weighted by molar-refractivity contribution is 5.93. The molecule has 27 heavy (non-hydrogen) atoms. The Morgan fingerprint density at radius 3 is 2.56 bits per heavy atom. The average molecular weight is 375 g/mol. The van der Waals surface area contributed by atoms with E-state index in [4.69, 9.17) is 0 Å². The van der Waals surface area contributed by atoms with Gasteiger partial charge in [-0.05, 0) is 30.7 Å². The van der Waals surface area contributed by atoms with Crippen molar-refractivity contribution in [3.8, 4) is 0 Å². The summed E-state index contributed by atoms with van der Waals surface area (Å²) in [5, 5.41) is 16.7. The van der Waals surface area contributed by atoms with Gasteiger partial charge in [0.05, 0.1) is 5.92 Å². The summed E-state index contributed by atoms with van der Waals surface area (Å²) in [6, 6.07) is 7.88. The van der Waals surface area contributed by atoms with E-state index < -0.39 is 12.0 Å². The van der Waals surface area contributed by atoms with Gasteiger partial charge in [0, 0.05) is 56.8 Å². The van der Waals surface area contributed by atoms with Crippen LogP contribution >= 0.6 is 0 Å². The predicted molar refractivity (Wildman–Crippen MR) is 112 cm³/mol. The molecule has 1 amide bonds. The maximum Gasteiger partial charge on any atom is 0.230 e. The summed E-state index contributed by atoms with van der Waals surface area (Å²) >= 11 is 0. The second-order valence-electron chi connectivity index (χ2n) is 7.27. The Bertz CT molecular complexity index is 611. The number of aliphatic hydroxyl groups excluding tert-OH is 1. The van der Waals surface area contributed by atoms with Gasteiger partial charge in [0.25, 0.3) is 0 Å². The molecule has 6 nitrogen and oxygen atoms in total. The molecule has 1 aliphatic heterocycles. The van der Waals surface area contributed by atoms with E-state index in [1.54, 1.807) is 6.92 Å². The fourth-order valence-corrected chi connectivity index (χ4v) is 3.13. The molecule has 3 N–H and O–H groups in total. The summed E-state index contributed by atoms with van der Waals surface area (Å²) in [5.74, 6) is -0.781. The van der Waals surface area contributed by atoms with Crippen LogP contribution in [0, 0.1) is 5.92 Å². The lowest BCUT2D eigenvalue weighted by Gasteiger charge is -2.29. The number of nitrogens with one attached hydrogen (secondary N) is 2. The average Bonchev–Trinajstić information content (AvgIpc) is 2.71. The Morgan fingerprint density at radius 1 is 1.33 bits per heavy atom. The minimum atomic E-state index is -0.896. The number of rotatable bonds is 9. The van der Waals surface area contributed by atoms with Crippen molar-refractivity contribution in [2.75, 3.05) is 50.0 Å². The van der Waals surface area contributed by atoms with E-state index in [-0.39, 0.29) is 5.91 Å². The molecule has 1 heterocycles. The Labute approximate surface area is 163 Å². The highest BCUT2D eigenvalue weighted by atomic mass is 16.3. The van der Waals surface area contributed by atoms with Crippen LogP contribution in [0.25, 0.3) is 0 Å². The predicted octanol–water partition coefficient (Wildman–Crippen LogP) is 2.28. The van der Waals surface area contributed by atoms with Crippen molar-refractivity contribution in [1.29, 1.82) is 0 Å². The molecule has 2 unspecified atom stereocenters. The van der Waals surface area contributed by atoms with Gasteiger partial charge in [0.1, 0.15) is 6.10 Å². The lowest BCUT2D eigenvalue weighted by molar-refractivity contribution is -0.122. The first-order valence-corrected chi connectivity index (χ1v) is 9.88. The normalized spacial score (nSPS) is 16.5. The lowest BCUT2D eigenvalue weighted by Crippen LogP contribution is -2.43. The molecule has 0 spiro atoms. The Kier molecular flexibility index (Phi) is 8.13. The van der Waals surface area contributed by atoms with Crippen LogP contribution in [-0.4, -0.2) is 61.8 Å². The number of anilines is 2. The fourth-order valence-electron chi connectivity index (χ4n) is 3.13. The van der Waals surface area contributed by atoms with Crippen molar-refractivity contribution in [2.45, 2.75) is 32.8 Å². The molecule has 2 rings (SSSR count). The summed E-state index contributed by atoms with van der Waals surface area (Å²) < 4.78 is 0. The quantitative estimate of drug-likeness (QED) is 0.619. The Hall–Kier alpha value is -2.05. The van der Waals surface area contributed by atoms with E-state index in [1.165, 1.54) is 0 Å². The van der Waals surface area contributed by atoms with Crippen molar-refractivity contribution < 1.29 is 9.90 Å².